The first kappa shape index (κ1) is 29.9. The second-order valence-corrected chi connectivity index (χ2v) is 16.5. The van der Waals surface area contributed by atoms with Gasteiger partial charge in [0, 0.05) is 6.42 Å². The predicted molar refractivity (Wildman–Crippen MR) is 156 cm³/mol. The number of fused-ring (bicyclic) bond motifs is 4. The number of thiol groups is 2. The van der Waals surface area contributed by atoms with Crippen LogP contribution in [0.2, 0.25) is 0 Å². The minimum Gasteiger partial charge on any atom is -0.386 e. The van der Waals surface area contributed by atoms with Crippen LogP contribution in [0.1, 0.15) is 18.9 Å². The molecule has 1 spiro atoms. The number of alkyl halides is 1. The molecular formula is C21H23FN10O9P2S2. The van der Waals surface area contributed by atoms with E-state index in [1.807, 2.05) is 0 Å². The summed E-state index contributed by atoms with van der Waals surface area (Å²) in [7, 11) is 0. The molecule has 4 aromatic heterocycles. The molecule has 4 fully saturated rings. The van der Waals surface area contributed by atoms with Crippen LogP contribution in [0, 0.1) is 0 Å². The molecule has 0 amide bonds. The van der Waals surface area contributed by atoms with Gasteiger partial charge in [0.25, 0.3) is 0 Å². The van der Waals surface area contributed by atoms with Crippen LogP contribution in [0.4, 0.5) is 16.0 Å². The fourth-order valence-corrected chi connectivity index (χ4v) is 9.22. The first-order valence-corrected chi connectivity index (χ1v) is 18.6. The molecule has 4 aliphatic rings. The number of nitrogens with two attached hydrogens (primary N) is 2. The van der Waals surface area contributed by atoms with Gasteiger partial charge in [0.1, 0.15) is 59.8 Å². The van der Waals surface area contributed by atoms with Crippen molar-refractivity contribution in [1.29, 1.82) is 0 Å². The van der Waals surface area contributed by atoms with Gasteiger partial charge >= 0.3 is 13.6 Å². The van der Waals surface area contributed by atoms with Gasteiger partial charge in [0.2, 0.25) is 0 Å². The van der Waals surface area contributed by atoms with Crippen LogP contribution in [0.5, 0.6) is 0 Å². The van der Waals surface area contributed by atoms with E-state index >= 15 is 4.39 Å². The number of imidazole rings is 2. The Balaban J connectivity index is 1.14. The lowest BCUT2D eigenvalue weighted by Gasteiger charge is -2.26. The molecule has 2 bridgehead atoms. The molecule has 3 aliphatic heterocycles. The highest BCUT2D eigenvalue weighted by Gasteiger charge is 2.73. The molecule has 7 heterocycles. The summed E-state index contributed by atoms with van der Waals surface area (Å²) in [6, 6.07) is 0. The Bertz CT molecular complexity index is 1940. The Labute approximate surface area is 261 Å². The molecule has 3 saturated heterocycles. The lowest BCUT2D eigenvalue weighted by molar-refractivity contribution is -0.0652. The molecule has 240 valence electrons. The molecule has 1 aliphatic carbocycles. The van der Waals surface area contributed by atoms with Crippen molar-refractivity contribution in [2.45, 2.75) is 61.2 Å². The van der Waals surface area contributed by atoms with Gasteiger partial charge in [0.15, 0.2) is 41.6 Å². The zero-order valence-corrected chi connectivity index (χ0v) is 26.0. The van der Waals surface area contributed by atoms with E-state index in [0.717, 1.165) is 0 Å². The Morgan fingerprint density at radius 3 is 2.18 bits per heavy atom. The van der Waals surface area contributed by atoms with Crippen molar-refractivity contribution in [3.63, 3.8) is 0 Å². The Hall–Kier alpha value is -2.49. The first-order chi connectivity index (χ1) is 21.4. The van der Waals surface area contributed by atoms with E-state index in [-0.39, 0.29) is 40.4 Å². The normalized spacial score (nSPS) is 41.7. The number of nitrogens with zero attached hydrogens (tertiary/aromatic N) is 8. The number of rotatable bonds is 2. The van der Waals surface area contributed by atoms with Crippen molar-refractivity contribution < 1.29 is 46.2 Å². The summed E-state index contributed by atoms with van der Waals surface area (Å²) in [6.07, 6.45) is -6.63. The molecule has 24 heteroatoms. The van der Waals surface area contributed by atoms with Crippen molar-refractivity contribution in [1.82, 2.24) is 39.0 Å². The highest BCUT2D eigenvalue weighted by Crippen LogP contribution is 2.68. The van der Waals surface area contributed by atoms with Gasteiger partial charge in [-0.1, -0.05) is 24.5 Å². The van der Waals surface area contributed by atoms with Crippen LogP contribution >= 0.6 is 38.1 Å². The van der Waals surface area contributed by atoms with Crippen LogP contribution in [-0.2, 0) is 36.7 Å². The van der Waals surface area contributed by atoms with Crippen molar-refractivity contribution >= 4 is 72.1 Å². The average Bonchev–Trinajstić information content (AvgIpc) is 3.36. The summed E-state index contributed by atoms with van der Waals surface area (Å²) in [5.41, 5.74) is 11.1. The second-order valence-electron chi connectivity index (χ2n) is 10.8. The minimum absolute atomic E-state index is 0.0225. The average molecular weight is 705 g/mol. The zero-order valence-electron chi connectivity index (χ0n) is 22.5. The number of hydrogen-bond acceptors (Lipinski definition) is 17. The highest BCUT2D eigenvalue weighted by atomic mass is 32.7. The van der Waals surface area contributed by atoms with E-state index in [2.05, 4.69) is 54.4 Å². The molecule has 45 heavy (non-hydrogen) atoms. The minimum atomic E-state index is -4.41. The third-order valence-corrected chi connectivity index (χ3v) is 11.3. The summed E-state index contributed by atoms with van der Waals surface area (Å²) < 4.78 is 80.6. The number of anilines is 2. The van der Waals surface area contributed by atoms with E-state index in [1.165, 1.54) is 34.4 Å². The molecule has 0 radical (unpaired) electrons. The van der Waals surface area contributed by atoms with Crippen molar-refractivity contribution in [3.8, 4) is 0 Å². The predicted octanol–water partition coefficient (Wildman–Crippen LogP) is 1.36. The topological polar surface area (TPSA) is 249 Å². The fourth-order valence-electron chi connectivity index (χ4n) is 5.91. The van der Waals surface area contributed by atoms with E-state index < -0.39 is 75.0 Å². The Morgan fingerprint density at radius 2 is 1.53 bits per heavy atom. The smallest absolute Gasteiger partial charge is 0.386 e. The SMILES string of the molecule is Nc1ncnc2c1ncn2[C@@H]1OC23C[C@H]2O[P@@](=O)(S)O[C@@H]2[C@H](F)C(CO[P@@](=O)(S)O[C@H]3[C@H]1O)O[C@H]2n1cnc2c(N)ncnc21. The summed E-state index contributed by atoms with van der Waals surface area (Å²) in [5.74, 6) is 0.160. The van der Waals surface area contributed by atoms with Crippen LogP contribution in [0.3, 0.4) is 0 Å². The molecule has 4 aromatic rings. The first-order valence-electron chi connectivity index (χ1n) is 13.2. The summed E-state index contributed by atoms with van der Waals surface area (Å²) in [6.45, 7) is -9.41. The van der Waals surface area contributed by atoms with E-state index in [0.29, 0.717) is 0 Å². The second kappa shape index (κ2) is 10.3. The standard InChI is InChI=1S/C21H23FN10O9P2S2/c22-9-7-2-36-42(34,44)41-14-12(33)19(31-5-29-10-15(23)25-3-27-17(10)31)38-21(14)1-8(21)39-43(35,45)40-13(9)20(37-7)32-6-30-11-16(24)26-4-28-18(11)32/h3-9,12-14,19-20,33H,1-2H2,(H,34,44)(H,35,45)(H2,23,25,27)(H2,24,26,28)/t7?,8-,9-,12-,13-,14+,19-,20-,21?,42-,43-/m1/s1. The highest BCUT2D eigenvalue weighted by molar-refractivity contribution is 8.44. The van der Waals surface area contributed by atoms with Gasteiger partial charge in [-0.2, -0.15) is 0 Å². The number of aliphatic hydroxyl groups excluding tert-OH is 1. The zero-order chi connectivity index (χ0) is 31.5. The monoisotopic (exact) mass is 704 g/mol. The van der Waals surface area contributed by atoms with Gasteiger partial charge in [-0.3, -0.25) is 27.2 Å². The van der Waals surface area contributed by atoms with Crippen molar-refractivity contribution in [2.75, 3.05) is 18.1 Å². The lowest BCUT2D eigenvalue weighted by atomic mass is 10.1. The van der Waals surface area contributed by atoms with Gasteiger partial charge in [-0.05, 0) is 0 Å². The van der Waals surface area contributed by atoms with Crippen molar-refractivity contribution in [3.05, 3.63) is 25.3 Å². The maximum Gasteiger partial charge on any atom is 0.387 e. The van der Waals surface area contributed by atoms with Gasteiger partial charge in [0.05, 0.1) is 19.3 Å². The quantitative estimate of drug-likeness (QED) is 0.146. The number of nitrogen functional groups attached to an aromatic ring is 2. The van der Waals surface area contributed by atoms with Gasteiger partial charge in [-0.15, -0.1) is 0 Å². The maximum atomic E-state index is 15.9. The third-order valence-electron chi connectivity index (χ3n) is 8.06. The number of hydrogen-bond donors (Lipinski definition) is 5. The molecule has 8 rings (SSSR count). The van der Waals surface area contributed by atoms with E-state index in [4.69, 9.17) is 39.0 Å². The lowest BCUT2D eigenvalue weighted by Crippen LogP contribution is -2.37. The van der Waals surface area contributed by atoms with Crippen LogP contribution in [-0.4, -0.2) is 93.0 Å². The fraction of sp³-hybridized carbons (Fsp3) is 0.524. The van der Waals surface area contributed by atoms with Crippen molar-refractivity contribution in [2.24, 2.45) is 0 Å². The molecule has 1 saturated carbocycles. The van der Waals surface area contributed by atoms with Crippen LogP contribution < -0.4 is 11.5 Å². The number of ether oxygens (including phenoxy) is 2. The number of halogens is 1. The molecule has 19 nitrogen and oxygen atoms in total. The Morgan fingerprint density at radius 1 is 0.911 bits per heavy atom. The molecule has 11 atom stereocenters. The van der Waals surface area contributed by atoms with Gasteiger partial charge < -0.3 is 26.0 Å². The number of aliphatic hydroxyl groups is 1. The molecule has 0 aromatic carbocycles. The summed E-state index contributed by atoms with van der Waals surface area (Å²) in [5, 5.41) is 11.4. The number of aromatic nitrogens is 8. The largest absolute Gasteiger partial charge is 0.387 e. The Kier molecular flexibility index (Phi) is 6.81. The third kappa shape index (κ3) is 4.77. The summed E-state index contributed by atoms with van der Waals surface area (Å²) in [4.78, 5) is 24.5. The van der Waals surface area contributed by atoms with E-state index in [9.17, 15) is 14.2 Å². The molecule has 2 unspecified atom stereocenters. The molecular weight excluding hydrogens is 681 g/mol. The van der Waals surface area contributed by atoms with Crippen LogP contribution in [0.15, 0.2) is 25.3 Å². The summed E-state index contributed by atoms with van der Waals surface area (Å²) >= 11 is 8.21. The molecule has 5 N–H and O–H groups in total. The van der Waals surface area contributed by atoms with E-state index in [1.54, 1.807) is 0 Å². The van der Waals surface area contributed by atoms with Crippen LogP contribution in [0.25, 0.3) is 22.3 Å². The van der Waals surface area contributed by atoms with Gasteiger partial charge in [-0.25, -0.2) is 43.4 Å². The maximum absolute atomic E-state index is 15.9.